The van der Waals surface area contributed by atoms with E-state index < -0.39 is 0 Å². The highest BCUT2D eigenvalue weighted by molar-refractivity contribution is 6.30. The van der Waals surface area contributed by atoms with Crippen LogP contribution in [-0.4, -0.2) is 9.55 Å². The number of aryl methyl sites for hydroxylation is 2. The zero-order valence-corrected chi connectivity index (χ0v) is 13.9. The Labute approximate surface area is 137 Å². The van der Waals surface area contributed by atoms with Crippen molar-refractivity contribution >= 4 is 17.2 Å². The lowest BCUT2D eigenvalue weighted by atomic mass is 9.84. The van der Waals surface area contributed by atoms with Gasteiger partial charge < -0.3 is 4.57 Å². The minimum absolute atomic E-state index is 0.274. The van der Waals surface area contributed by atoms with Crippen molar-refractivity contribution in [3.8, 4) is 0 Å². The second kappa shape index (κ2) is 6.13. The summed E-state index contributed by atoms with van der Waals surface area (Å²) in [5, 5.41) is 0.793. The number of nitrogens with zero attached hydrogens (tertiary/aromatic N) is 2. The van der Waals surface area contributed by atoms with Crippen molar-refractivity contribution in [3.63, 3.8) is 0 Å². The van der Waals surface area contributed by atoms with Crippen molar-refractivity contribution in [2.45, 2.75) is 32.1 Å². The number of rotatable bonds is 2. The minimum atomic E-state index is 0.274. The van der Waals surface area contributed by atoms with Gasteiger partial charge in [-0.15, -0.1) is 0 Å². The molecule has 0 spiro atoms. The van der Waals surface area contributed by atoms with Crippen LogP contribution in [0.15, 0.2) is 49.0 Å². The standard InChI is InChI=1S/C19H21ClN2/c1-13-4-6-15-7-8-16(20)10-18(15)17(9-5-13)14(2)19-11-21-12-22(19)3/h7-12,14H,1,4-6H2,2-3H3/b17-9-/t14-/m1/s1. The van der Waals surface area contributed by atoms with Crippen molar-refractivity contribution in [1.29, 1.82) is 0 Å². The molecule has 3 heteroatoms. The van der Waals surface area contributed by atoms with E-state index in [0.29, 0.717) is 0 Å². The Balaban J connectivity index is 2.11. The van der Waals surface area contributed by atoms with Crippen molar-refractivity contribution in [3.05, 3.63) is 70.8 Å². The number of imidazole rings is 1. The number of hydrogen-bond donors (Lipinski definition) is 0. The number of allylic oxidation sites excluding steroid dienone is 3. The van der Waals surface area contributed by atoms with Crippen LogP contribution in [0.2, 0.25) is 5.02 Å². The molecule has 1 aromatic carbocycles. The molecule has 0 N–H and O–H groups in total. The van der Waals surface area contributed by atoms with E-state index in [1.165, 1.54) is 28.0 Å². The first-order valence-corrected chi connectivity index (χ1v) is 8.05. The van der Waals surface area contributed by atoms with Gasteiger partial charge in [0.05, 0.1) is 6.33 Å². The van der Waals surface area contributed by atoms with E-state index in [1.54, 1.807) is 0 Å². The molecule has 2 nitrogen and oxygen atoms in total. The highest BCUT2D eigenvalue weighted by atomic mass is 35.5. The summed E-state index contributed by atoms with van der Waals surface area (Å²) in [7, 11) is 2.04. The first-order chi connectivity index (χ1) is 10.6. The van der Waals surface area contributed by atoms with Crippen LogP contribution in [0, 0.1) is 0 Å². The molecular formula is C19H21ClN2. The second-order valence-corrected chi connectivity index (χ2v) is 6.50. The molecule has 1 heterocycles. The van der Waals surface area contributed by atoms with Gasteiger partial charge in [-0.05, 0) is 48.1 Å². The third kappa shape index (κ3) is 2.89. The minimum Gasteiger partial charge on any atom is -0.337 e. The fourth-order valence-electron chi connectivity index (χ4n) is 3.17. The van der Waals surface area contributed by atoms with E-state index in [1.807, 2.05) is 25.6 Å². The molecule has 1 atom stereocenters. The first-order valence-electron chi connectivity index (χ1n) is 7.68. The first kappa shape index (κ1) is 15.1. The number of aromatic nitrogens is 2. The maximum atomic E-state index is 6.26. The van der Waals surface area contributed by atoms with Crippen LogP contribution in [0.1, 0.15) is 42.5 Å². The summed E-state index contributed by atoms with van der Waals surface area (Å²) >= 11 is 6.26. The molecule has 0 radical (unpaired) electrons. The van der Waals surface area contributed by atoms with Crippen molar-refractivity contribution in [1.82, 2.24) is 9.55 Å². The third-order valence-electron chi connectivity index (χ3n) is 4.51. The van der Waals surface area contributed by atoms with Crippen molar-refractivity contribution < 1.29 is 0 Å². The van der Waals surface area contributed by atoms with Gasteiger partial charge in [-0.3, -0.25) is 0 Å². The lowest BCUT2D eigenvalue weighted by molar-refractivity contribution is 0.788. The largest absolute Gasteiger partial charge is 0.337 e. The molecule has 0 saturated heterocycles. The molecule has 0 aliphatic heterocycles. The van der Waals surface area contributed by atoms with Crippen LogP contribution in [0.5, 0.6) is 0 Å². The summed E-state index contributed by atoms with van der Waals surface area (Å²) in [5.74, 6) is 0.274. The van der Waals surface area contributed by atoms with Crippen LogP contribution in [0.4, 0.5) is 0 Å². The fraction of sp³-hybridized carbons (Fsp3) is 0.316. The normalized spacial score (nSPS) is 18.9. The van der Waals surface area contributed by atoms with Gasteiger partial charge in [-0.2, -0.15) is 0 Å². The van der Waals surface area contributed by atoms with Crippen molar-refractivity contribution in [2.75, 3.05) is 0 Å². The van der Waals surface area contributed by atoms with E-state index in [2.05, 4.69) is 41.3 Å². The molecule has 1 aliphatic rings. The monoisotopic (exact) mass is 312 g/mol. The van der Waals surface area contributed by atoms with Gasteiger partial charge in [0.25, 0.3) is 0 Å². The van der Waals surface area contributed by atoms with Gasteiger partial charge in [0.15, 0.2) is 0 Å². The Hall–Kier alpha value is -1.80. The summed E-state index contributed by atoms with van der Waals surface area (Å²) in [4.78, 5) is 4.26. The maximum Gasteiger partial charge on any atom is 0.0945 e. The van der Waals surface area contributed by atoms with Crippen LogP contribution in [-0.2, 0) is 13.5 Å². The lowest BCUT2D eigenvalue weighted by Crippen LogP contribution is -2.07. The molecular weight excluding hydrogens is 292 g/mol. The Kier molecular flexibility index (Phi) is 4.21. The van der Waals surface area contributed by atoms with E-state index in [4.69, 9.17) is 11.6 Å². The van der Waals surface area contributed by atoms with Gasteiger partial charge in [-0.25, -0.2) is 4.98 Å². The smallest absolute Gasteiger partial charge is 0.0945 e. The van der Waals surface area contributed by atoms with E-state index in [9.17, 15) is 0 Å². The Morgan fingerprint density at radius 2 is 2.14 bits per heavy atom. The van der Waals surface area contributed by atoms with Crippen LogP contribution < -0.4 is 0 Å². The quantitative estimate of drug-likeness (QED) is 0.701. The average molecular weight is 313 g/mol. The lowest BCUT2D eigenvalue weighted by Gasteiger charge is -2.23. The molecule has 0 saturated carbocycles. The second-order valence-electron chi connectivity index (χ2n) is 6.07. The number of halogens is 1. The number of hydrogen-bond acceptors (Lipinski definition) is 1. The molecule has 22 heavy (non-hydrogen) atoms. The molecule has 0 unspecified atom stereocenters. The molecule has 114 valence electrons. The topological polar surface area (TPSA) is 17.8 Å². The summed E-state index contributed by atoms with van der Waals surface area (Å²) < 4.78 is 2.09. The number of benzene rings is 1. The van der Waals surface area contributed by atoms with E-state index in [0.717, 1.165) is 24.3 Å². The third-order valence-corrected chi connectivity index (χ3v) is 4.74. The molecule has 0 amide bonds. The Morgan fingerprint density at radius 3 is 2.86 bits per heavy atom. The highest BCUT2D eigenvalue weighted by Crippen LogP contribution is 2.37. The molecule has 0 fully saturated rings. The molecule has 2 aromatic rings. The summed E-state index contributed by atoms with van der Waals surface area (Å²) in [6.07, 6.45) is 9.12. The van der Waals surface area contributed by atoms with Gasteiger partial charge in [0, 0.05) is 29.9 Å². The molecule has 0 bridgehead atoms. The molecule has 3 rings (SSSR count). The Bertz CT molecular complexity index is 740. The molecule has 1 aliphatic carbocycles. The van der Waals surface area contributed by atoms with Gasteiger partial charge in [-0.1, -0.05) is 42.8 Å². The van der Waals surface area contributed by atoms with Crippen LogP contribution in [0.25, 0.3) is 5.57 Å². The summed E-state index contributed by atoms with van der Waals surface area (Å²) in [6.45, 7) is 6.43. The predicted molar refractivity (Wildman–Crippen MR) is 93.1 cm³/mol. The van der Waals surface area contributed by atoms with Crippen LogP contribution >= 0.6 is 11.6 Å². The van der Waals surface area contributed by atoms with E-state index in [-0.39, 0.29) is 5.92 Å². The fourth-order valence-corrected chi connectivity index (χ4v) is 3.34. The zero-order chi connectivity index (χ0) is 15.7. The van der Waals surface area contributed by atoms with Crippen LogP contribution in [0.3, 0.4) is 0 Å². The Morgan fingerprint density at radius 1 is 1.32 bits per heavy atom. The van der Waals surface area contributed by atoms with Crippen molar-refractivity contribution in [2.24, 2.45) is 7.05 Å². The van der Waals surface area contributed by atoms with Gasteiger partial charge in [0.1, 0.15) is 0 Å². The van der Waals surface area contributed by atoms with Gasteiger partial charge in [0.2, 0.25) is 0 Å². The maximum absolute atomic E-state index is 6.26. The summed E-state index contributed by atoms with van der Waals surface area (Å²) in [5.41, 5.74) is 6.44. The summed E-state index contributed by atoms with van der Waals surface area (Å²) in [6, 6.07) is 6.24. The highest BCUT2D eigenvalue weighted by Gasteiger charge is 2.20. The SMILES string of the molecule is C=C1C/C=C(/[C@@H](C)c2cncn2C)c2cc(Cl)ccc2CC1. The average Bonchev–Trinajstić information content (AvgIpc) is 2.90. The number of fused-ring (bicyclic) bond motifs is 1. The van der Waals surface area contributed by atoms with E-state index >= 15 is 0 Å². The van der Waals surface area contributed by atoms with Gasteiger partial charge >= 0.3 is 0 Å². The molecule has 1 aromatic heterocycles. The zero-order valence-electron chi connectivity index (χ0n) is 13.1. The predicted octanol–water partition coefficient (Wildman–Crippen LogP) is 5.15.